The third-order valence-corrected chi connectivity index (χ3v) is 4.44. The molecule has 1 fully saturated rings. The number of rotatable bonds is 3. The van der Waals surface area contributed by atoms with E-state index in [1.165, 1.54) is 0 Å². The van der Waals surface area contributed by atoms with Crippen LogP contribution in [-0.2, 0) is 16.0 Å². The van der Waals surface area contributed by atoms with Crippen molar-refractivity contribution in [3.05, 3.63) is 28.8 Å². The molecule has 0 bridgehead atoms. The van der Waals surface area contributed by atoms with E-state index in [1.54, 1.807) is 0 Å². The van der Waals surface area contributed by atoms with Gasteiger partial charge in [-0.05, 0) is 30.5 Å². The van der Waals surface area contributed by atoms with Crippen molar-refractivity contribution in [2.24, 2.45) is 11.8 Å². The minimum Gasteiger partial charge on any atom is -0.481 e. The fourth-order valence-corrected chi connectivity index (χ4v) is 3.10. The van der Waals surface area contributed by atoms with Crippen LogP contribution in [0.1, 0.15) is 18.4 Å². The number of halogens is 1. The number of Topliss-reactive ketones (excluding diaryl/α,β-unsaturated/α-hetero) is 1. The molecular weight excluding hydrogens is 266 g/mol. The Morgan fingerprint density at radius 3 is 2.63 bits per heavy atom. The van der Waals surface area contributed by atoms with E-state index >= 15 is 0 Å². The number of aliphatic carboxylic acids is 1. The summed E-state index contributed by atoms with van der Waals surface area (Å²) < 4.78 is 0. The Bertz CT molecular complexity index is 552. The highest BCUT2D eigenvalue weighted by molar-refractivity contribution is 6.32. The van der Waals surface area contributed by atoms with Gasteiger partial charge >= 0.3 is 5.97 Å². The first-order valence-corrected chi connectivity index (χ1v) is 6.74. The number of hydrogen-bond acceptors (Lipinski definition) is 3. The van der Waals surface area contributed by atoms with Crippen LogP contribution in [0.25, 0.3) is 0 Å². The van der Waals surface area contributed by atoms with Crippen molar-refractivity contribution in [2.75, 3.05) is 5.32 Å². The van der Waals surface area contributed by atoms with Crippen LogP contribution in [0.2, 0.25) is 5.02 Å². The molecule has 1 heterocycles. The number of anilines is 1. The number of carbonyl (C=O) groups excluding carboxylic acids is 1. The highest BCUT2D eigenvalue weighted by atomic mass is 35.5. The van der Waals surface area contributed by atoms with Gasteiger partial charge < -0.3 is 10.4 Å². The number of carbonyl (C=O) groups is 2. The second-order valence-electron chi connectivity index (χ2n) is 5.27. The summed E-state index contributed by atoms with van der Waals surface area (Å²) in [4.78, 5) is 23.0. The molecule has 1 aromatic rings. The smallest absolute Gasteiger partial charge is 0.306 e. The highest BCUT2D eigenvalue weighted by Crippen LogP contribution is 2.38. The third-order valence-electron chi connectivity index (χ3n) is 4.09. The van der Waals surface area contributed by atoms with Crippen molar-refractivity contribution in [1.82, 2.24) is 0 Å². The molecule has 1 aliphatic heterocycles. The first-order valence-electron chi connectivity index (χ1n) is 6.36. The highest BCUT2D eigenvalue weighted by Gasteiger charge is 2.42. The minimum atomic E-state index is -0.797. The summed E-state index contributed by atoms with van der Waals surface area (Å²) in [6.45, 7) is 0. The molecule has 0 radical (unpaired) electrons. The summed E-state index contributed by atoms with van der Waals surface area (Å²) in [7, 11) is 0. The molecule has 1 unspecified atom stereocenters. The van der Waals surface area contributed by atoms with Crippen LogP contribution in [-0.4, -0.2) is 22.9 Å². The maximum Gasteiger partial charge on any atom is 0.306 e. The molecule has 2 N–H and O–H groups in total. The fraction of sp³-hybridized carbons (Fsp3) is 0.429. The van der Waals surface area contributed by atoms with Crippen LogP contribution in [0.5, 0.6) is 0 Å². The van der Waals surface area contributed by atoms with E-state index in [9.17, 15) is 9.59 Å². The molecule has 1 aromatic carbocycles. The Labute approximate surface area is 115 Å². The molecule has 1 aliphatic carbocycles. The van der Waals surface area contributed by atoms with Crippen LogP contribution < -0.4 is 5.32 Å². The average Bonchev–Trinajstić information content (AvgIpc) is 2.71. The SMILES string of the molecule is O=C(O)C1CC(C(=O)C2Cc3c(Cl)cccc3N2)C1. The standard InChI is InChI=1S/C14H14ClNO3/c15-10-2-1-3-11-9(10)6-12(16-11)13(17)7-4-8(5-7)14(18)19/h1-3,7-8,12,16H,4-6H2,(H,18,19). The first kappa shape index (κ1) is 12.5. The number of ketones is 1. The van der Waals surface area contributed by atoms with E-state index in [-0.39, 0.29) is 23.7 Å². The van der Waals surface area contributed by atoms with Gasteiger partial charge in [0.05, 0.1) is 12.0 Å². The zero-order valence-electron chi connectivity index (χ0n) is 10.2. The molecule has 2 aliphatic rings. The number of benzene rings is 1. The first-order chi connectivity index (χ1) is 9.06. The number of carboxylic acid groups (broad SMARTS) is 1. The summed E-state index contributed by atoms with van der Waals surface area (Å²) in [5.41, 5.74) is 1.90. The molecule has 19 heavy (non-hydrogen) atoms. The van der Waals surface area contributed by atoms with Gasteiger partial charge in [-0.2, -0.15) is 0 Å². The van der Waals surface area contributed by atoms with E-state index in [0.29, 0.717) is 24.3 Å². The zero-order chi connectivity index (χ0) is 13.6. The van der Waals surface area contributed by atoms with Crippen LogP contribution >= 0.6 is 11.6 Å². The third kappa shape index (κ3) is 2.10. The molecule has 100 valence electrons. The van der Waals surface area contributed by atoms with Gasteiger partial charge in [-0.25, -0.2) is 0 Å². The molecule has 3 rings (SSSR count). The van der Waals surface area contributed by atoms with Gasteiger partial charge in [0.1, 0.15) is 0 Å². The lowest BCUT2D eigenvalue weighted by atomic mass is 9.71. The molecule has 0 saturated heterocycles. The quantitative estimate of drug-likeness (QED) is 0.891. The predicted molar refractivity (Wildman–Crippen MR) is 71.4 cm³/mol. The number of nitrogens with one attached hydrogen (secondary N) is 1. The van der Waals surface area contributed by atoms with Gasteiger partial charge in [0, 0.05) is 23.0 Å². The summed E-state index contributed by atoms with van der Waals surface area (Å²) in [6.07, 6.45) is 1.54. The van der Waals surface area contributed by atoms with Crippen LogP contribution in [0.4, 0.5) is 5.69 Å². The maximum absolute atomic E-state index is 12.3. The number of hydrogen-bond donors (Lipinski definition) is 2. The van der Waals surface area contributed by atoms with E-state index in [0.717, 1.165) is 11.3 Å². The lowest BCUT2D eigenvalue weighted by Crippen LogP contribution is -2.42. The van der Waals surface area contributed by atoms with Gasteiger partial charge in [0.15, 0.2) is 5.78 Å². The van der Waals surface area contributed by atoms with Crippen molar-refractivity contribution >= 4 is 29.0 Å². The largest absolute Gasteiger partial charge is 0.481 e. The second kappa shape index (κ2) is 4.53. The maximum atomic E-state index is 12.3. The van der Waals surface area contributed by atoms with Crippen molar-refractivity contribution in [3.63, 3.8) is 0 Å². The van der Waals surface area contributed by atoms with Crippen molar-refractivity contribution < 1.29 is 14.7 Å². The van der Waals surface area contributed by atoms with E-state index in [4.69, 9.17) is 16.7 Å². The Balaban J connectivity index is 1.66. The van der Waals surface area contributed by atoms with Crippen molar-refractivity contribution in [3.8, 4) is 0 Å². The second-order valence-corrected chi connectivity index (χ2v) is 5.68. The van der Waals surface area contributed by atoms with Gasteiger partial charge in [-0.1, -0.05) is 17.7 Å². The predicted octanol–water partition coefficient (Wildman–Crippen LogP) is 2.36. The lowest BCUT2D eigenvalue weighted by molar-refractivity contribution is -0.148. The number of carboxylic acids is 1. The van der Waals surface area contributed by atoms with Gasteiger partial charge in [0.25, 0.3) is 0 Å². The van der Waals surface area contributed by atoms with E-state index in [2.05, 4.69) is 5.32 Å². The Morgan fingerprint density at radius 2 is 2.00 bits per heavy atom. The normalized spacial score (nSPS) is 28.2. The lowest BCUT2D eigenvalue weighted by Gasteiger charge is -2.32. The number of fused-ring (bicyclic) bond motifs is 1. The summed E-state index contributed by atoms with van der Waals surface area (Å²) >= 11 is 6.10. The van der Waals surface area contributed by atoms with Gasteiger partial charge in [-0.3, -0.25) is 9.59 Å². The molecule has 0 amide bonds. The minimum absolute atomic E-state index is 0.116. The summed E-state index contributed by atoms with van der Waals surface area (Å²) in [6, 6.07) is 5.33. The molecule has 1 saturated carbocycles. The summed E-state index contributed by atoms with van der Waals surface area (Å²) in [5, 5.41) is 12.7. The van der Waals surface area contributed by atoms with Crippen LogP contribution in [0.3, 0.4) is 0 Å². The Kier molecular flexibility index (Phi) is 2.97. The van der Waals surface area contributed by atoms with Crippen molar-refractivity contribution in [2.45, 2.75) is 25.3 Å². The van der Waals surface area contributed by atoms with E-state index in [1.807, 2.05) is 18.2 Å². The van der Waals surface area contributed by atoms with Crippen LogP contribution in [0, 0.1) is 11.8 Å². The molecule has 5 heteroatoms. The fourth-order valence-electron chi connectivity index (χ4n) is 2.85. The molecule has 0 spiro atoms. The van der Waals surface area contributed by atoms with Gasteiger partial charge in [0.2, 0.25) is 0 Å². The Morgan fingerprint density at radius 1 is 1.26 bits per heavy atom. The van der Waals surface area contributed by atoms with Gasteiger partial charge in [-0.15, -0.1) is 0 Å². The molecular formula is C14H14ClNO3. The molecule has 4 nitrogen and oxygen atoms in total. The van der Waals surface area contributed by atoms with Crippen LogP contribution in [0.15, 0.2) is 18.2 Å². The summed E-state index contributed by atoms with van der Waals surface area (Å²) in [5.74, 6) is -1.15. The monoisotopic (exact) mass is 279 g/mol. The van der Waals surface area contributed by atoms with Crippen molar-refractivity contribution in [1.29, 1.82) is 0 Å². The topological polar surface area (TPSA) is 66.4 Å². The Hall–Kier alpha value is -1.55. The molecule has 0 aromatic heterocycles. The average molecular weight is 280 g/mol. The molecule has 1 atom stereocenters. The van der Waals surface area contributed by atoms with E-state index < -0.39 is 5.97 Å². The zero-order valence-corrected chi connectivity index (χ0v) is 11.0.